The summed E-state index contributed by atoms with van der Waals surface area (Å²) in [5.74, 6) is 0.107. The Morgan fingerprint density at radius 1 is 1.60 bits per heavy atom. The van der Waals surface area contributed by atoms with Gasteiger partial charge in [-0.25, -0.2) is 9.97 Å². The highest BCUT2D eigenvalue weighted by Gasteiger charge is 2.20. The molecule has 0 atom stereocenters. The molecule has 0 spiro atoms. The van der Waals surface area contributed by atoms with Crippen LogP contribution in [0, 0.1) is 0 Å². The Hall–Kier alpha value is -0.920. The molecule has 15 heavy (non-hydrogen) atoms. The van der Waals surface area contributed by atoms with E-state index in [0.29, 0.717) is 16.8 Å². The van der Waals surface area contributed by atoms with Crippen LogP contribution in [0.3, 0.4) is 0 Å². The van der Waals surface area contributed by atoms with Crippen LogP contribution >= 0.6 is 11.8 Å². The number of anilines is 1. The van der Waals surface area contributed by atoms with Crippen LogP contribution in [0.5, 0.6) is 0 Å². The van der Waals surface area contributed by atoms with E-state index in [1.807, 2.05) is 6.92 Å². The zero-order valence-electron chi connectivity index (χ0n) is 8.09. The first kappa shape index (κ1) is 12.2. The normalized spacial score (nSPS) is 11.3. The van der Waals surface area contributed by atoms with Gasteiger partial charge in [-0.3, -0.25) is 0 Å². The second-order valence-electron chi connectivity index (χ2n) is 2.68. The number of rotatable bonds is 5. The molecule has 0 bridgehead atoms. The van der Waals surface area contributed by atoms with Gasteiger partial charge in [-0.15, -0.1) is 3.82 Å². The fourth-order valence-corrected chi connectivity index (χ4v) is 1.97. The van der Waals surface area contributed by atoms with Gasteiger partial charge in [0.15, 0.2) is 5.82 Å². The topological polar surface area (TPSA) is 75.2 Å². The molecule has 0 aliphatic rings. The Morgan fingerprint density at radius 2 is 2.33 bits per heavy atom. The van der Waals surface area contributed by atoms with Gasteiger partial charge in [0, 0.05) is 30.6 Å². The third-order valence-electron chi connectivity index (χ3n) is 1.49. The molecule has 6 nitrogen and oxygen atoms in total. The number of nitrogens with one attached hydrogen (secondary N) is 1. The molecule has 0 radical (unpaired) electrons. The summed E-state index contributed by atoms with van der Waals surface area (Å²) in [5.41, 5.74) is 0. The molecule has 0 fully saturated rings. The summed E-state index contributed by atoms with van der Waals surface area (Å²) in [4.78, 5) is 7.38. The number of hydrogen-bond acceptors (Lipinski definition) is 4. The molecule has 1 rings (SSSR count). The first-order valence-corrected chi connectivity index (χ1v) is 6.07. The predicted molar refractivity (Wildman–Crippen MR) is 57.6 cm³/mol. The number of nitrogens with zero attached hydrogens (tertiary/aromatic N) is 3. The summed E-state index contributed by atoms with van der Waals surface area (Å²) in [7, 11) is -3.72. The molecule has 8 heteroatoms. The molecular weight excluding hydrogens is 240 g/mol. The van der Waals surface area contributed by atoms with Gasteiger partial charge >= 0.3 is 10.2 Å². The zero-order valence-corrected chi connectivity index (χ0v) is 9.66. The lowest BCUT2D eigenvalue weighted by molar-refractivity contribution is 0.582. The van der Waals surface area contributed by atoms with Crippen LogP contribution in [0.25, 0.3) is 0 Å². The molecular formula is C7H11ClN4O2S. The van der Waals surface area contributed by atoms with Crippen molar-refractivity contribution in [2.75, 3.05) is 10.4 Å². The van der Waals surface area contributed by atoms with Crippen molar-refractivity contribution in [2.45, 2.75) is 13.3 Å². The van der Waals surface area contributed by atoms with Crippen LogP contribution in [0.15, 0.2) is 18.6 Å². The summed E-state index contributed by atoms with van der Waals surface area (Å²) in [6.45, 7) is 2.18. The van der Waals surface area contributed by atoms with Crippen molar-refractivity contribution in [3.8, 4) is 0 Å². The van der Waals surface area contributed by atoms with E-state index in [9.17, 15) is 8.42 Å². The van der Waals surface area contributed by atoms with Crippen LogP contribution in [0.4, 0.5) is 5.82 Å². The minimum atomic E-state index is -3.72. The van der Waals surface area contributed by atoms with Crippen molar-refractivity contribution in [1.29, 1.82) is 0 Å². The molecule has 0 amide bonds. The van der Waals surface area contributed by atoms with Gasteiger partial charge in [-0.1, -0.05) is 6.92 Å². The van der Waals surface area contributed by atoms with Crippen LogP contribution in [-0.4, -0.2) is 24.9 Å². The molecule has 0 saturated heterocycles. The smallest absolute Gasteiger partial charge is 0.245 e. The third-order valence-corrected chi connectivity index (χ3v) is 3.39. The maximum atomic E-state index is 11.5. The molecule has 0 saturated carbocycles. The summed E-state index contributed by atoms with van der Waals surface area (Å²) in [5, 5.41) is 0. The van der Waals surface area contributed by atoms with E-state index in [1.165, 1.54) is 18.6 Å². The monoisotopic (exact) mass is 250 g/mol. The lowest BCUT2D eigenvalue weighted by Gasteiger charge is -2.14. The predicted octanol–water partition coefficient (Wildman–Crippen LogP) is 0.681. The van der Waals surface area contributed by atoms with E-state index in [2.05, 4.69) is 14.7 Å². The average molecular weight is 251 g/mol. The Balaban J connectivity index is 2.80. The summed E-state index contributed by atoms with van der Waals surface area (Å²) in [6.07, 6.45) is 3.32. The van der Waals surface area contributed by atoms with Gasteiger partial charge in [-0.05, 0) is 6.42 Å². The second-order valence-corrected chi connectivity index (χ2v) is 4.82. The lowest BCUT2D eigenvalue weighted by Crippen LogP contribution is -2.35. The SMILES string of the molecule is CCCNS(=O)(=O)N(Cl)c1ccncn1. The highest BCUT2D eigenvalue weighted by molar-refractivity contribution is 7.92. The maximum absolute atomic E-state index is 11.5. The summed E-state index contributed by atoms with van der Waals surface area (Å²) < 4.78 is 25.9. The van der Waals surface area contributed by atoms with Gasteiger partial charge < -0.3 is 0 Å². The second kappa shape index (κ2) is 5.24. The Bertz CT molecular complexity index is 397. The fourth-order valence-electron chi connectivity index (χ4n) is 0.799. The lowest BCUT2D eigenvalue weighted by atomic mass is 10.5. The zero-order chi connectivity index (χ0) is 11.3. The van der Waals surface area contributed by atoms with Crippen LogP contribution in [-0.2, 0) is 10.2 Å². The standard InChI is InChI=1S/C7H11ClN4O2S/c1-2-4-11-15(13,14)12(8)7-3-5-9-6-10-7/h3,5-6,11H,2,4H2,1H3. The van der Waals surface area contributed by atoms with Crippen molar-refractivity contribution in [1.82, 2.24) is 14.7 Å². The van der Waals surface area contributed by atoms with Gasteiger partial charge in [0.25, 0.3) is 0 Å². The van der Waals surface area contributed by atoms with Crippen molar-refractivity contribution in [3.05, 3.63) is 18.6 Å². The molecule has 0 unspecified atom stereocenters. The van der Waals surface area contributed by atoms with Crippen molar-refractivity contribution in [2.24, 2.45) is 0 Å². The van der Waals surface area contributed by atoms with Gasteiger partial charge in [0.05, 0.1) is 0 Å². The maximum Gasteiger partial charge on any atom is 0.316 e. The number of aromatic nitrogens is 2. The van der Waals surface area contributed by atoms with E-state index in [-0.39, 0.29) is 5.82 Å². The van der Waals surface area contributed by atoms with Crippen LogP contribution in [0.1, 0.15) is 13.3 Å². The Labute approximate surface area is 93.6 Å². The van der Waals surface area contributed by atoms with Gasteiger partial charge in [0.1, 0.15) is 6.33 Å². The summed E-state index contributed by atoms with van der Waals surface area (Å²) in [6, 6.07) is 1.40. The molecule has 0 aliphatic carbocycles. The van der Waals surface area contributed by atoms with Gasteiger partial charge in [0.2, 0.25) is 0 Å². The molecule has 0 aliphatic heterocycles. The minimum Gasteiger partial charge on any atom is -0.245 e. The average Bonchev–Trinajstić information content (AvgIpc) is 2.26. The minimum absolute atomic E-state index is 0.107. The number of halogens is 1. The molecule has 1 N–H and O–H groups in total. The highest BCUT2D eigenvalue weighted by atomic mass is 35.5. The van der Waals surface area contributed by atoms with E-state index in [1.54, 1.807) is 0 Å². The van der Waals surface area contributed by atoms with Crippen molar-refractivity contribution in [3.63, 3.8) is 0 Å². The molecule has 0 aromatic carbocycles. The Morgan fingerprint density at radius 3 is 2.87 bits per heavy atom. The largest absolute Gasteiger partial charge is 0.316 e. The van der Waals surface area contributed by atoms with E-state index in [0.717, 1.165) is 0 Å². The van der Waals surface area contributed by atoms with Crippen molar-refractivity contribution < 1.29 is 8.42 Å². The van der Waals surface area contributed by atoms with Crippen LogP contribution < -0.4 is 8.55 Å². The van der Waals surface area contributed by atoms with Crippen LogP contribution in [0.2, 0.25) is 0 Å². The number of hydrogen-bond donors (Lipinski definition) is 1. The third kappa shape index (κ3) is 3.29. The summed E-state index contributed by atoms with van der Waals surface area (Å²) >= 11 is 5.63. The van der Waals surface area contributed by atoms with Crippen molar-refractivity contribution >= 4 is 27.8 Å². The van der Waals surface area contributed by atoms with E-state index in [4.69, 9.17) is 11.8 Å². The molecule has 1 aromatic heterocycles. The van der Waals surface area contributed by atoms with Gasteiger partial charge in [-0.2, -0.15) is 13.1 Å². The Kier molecular flexibility index (Phi) is 4.25. The van der Waals surface area contributed by atoms with E-state index >= 15 is 0 Å². The molecule has 1 heterocycles. The molecule has 1 aromatic rings. The quantitative estimate of drug-likeness (QED) is 0.780. The fraction of sp³-hybridized carbons (Fsp3) is 0.429. The first-order chi connectivity index (χ1) is 7.08. The van der Waals surface area contributed by atoms with E-state index < -0.39 is 10.2 Å². The highest BCUT2D eigenvalue weighted by Crippen LogP contribution is 2.14. The molecule has 84 valence electrons. The first-order valence-electron chi connectivity index (χ1n) is 4.29.